The van der Waals surface area contributed by atoms with Crippen LogP contribution in [0.25, 0.3) is 5.76 Å². The van der Waals surface area contributed by atoms with E-state index < -0.39 is 17.7 Å². The molecule has 1 amide bonds. The number of ketones is 1. The number of carbonyl (C=O) groups excluding carboxylic acids is 2. The van der Waals surface area contributed by atoms with Crippen LogP contribution in [-0.2, 0) is 9.59 Å². The number of aryl methyl sites for hydroxylation is 2. The van der Waals surface area contributed by atoms with Crippen LogP contribution in [0.5, 0.6) is 17.2 Å². The van der Waals surface area contributed by atoms with Crippen molar-refractivity contribution in [1.29, 1.82) is 5.26 Å². The van der Waals surface area contributed by atoms with Gasteiger partial charge >= 0.3 is 0 Å². The number of aliphatic hydroxyl groups excluding tert-OH is 1. The number of Topliss-reactive ketones (excluding diaryl/α,β-unsaturated/α-hetero) is 1. The van der Waals surface area contributed by atoms with Gasteiger partial charge in [0.25, 0.3) is 11.7 Å². The molecule has 0 spiro atoms. The van der Waals surface area contributed by atoms with Gasteiger partial charge in [0.1, 0.15) is 11.5 Å². The molecule has 0 aromatic heterocycles. The number of methoxy groups -OCH3 is 1. The molecule has 3 aromatic carbocycles. The largest absolute Gasteiger partial charge is 0.507 e. The van der Waals surface area contributed by atoms with E-state index in [0.717, 1.165) is 11.1 Å². The van der Waals surface area contributed by atoms with Gasteiger partial charge in [-0.3, -0.25) is 14.5 Å². The van der Waals surface area contributed by atoms with Crippen molar-refractivity contribution in [1.82, 2.24) is 0 Å². The number of anilines is 1. The summed E-state index contributed by atoms with van der Waals surface area (Å²) in [7, 11) is 1.47. The smallest absolute Gasteiger partial charge is 0.300 e. The van der Waals surface area contributed by atoms with E-state index in [9.17, 15) is 25.1 Å². The first-order valence-corrected chi connectivity index (χ1v) is 11.6. The van der Waals surface area contributed by atoms with Gasteiger partial charge in [-0.2, -0.15) is 5.26 Å². The van der Waals surface area contributed by atoms with Crippen molar-refractivity contribution >= 4 is 23.1 Å². The monoisotopic (exact) mass is 498 g/mol. The summed E-state index contributed by atoms with van der Waals surface area (Å²) < 4.78 is 11.1. The van der Waals surface area contributed by atoms with Crippen LogP contribution in [0.1, 0.15) is 40.8 Å². The highest BCUT2D eigenvalue weighted by atomic mass is 16.5. The number of ether oxygens (including phenoxy) is 2. The summed E-state index contributed by atoms with van der Waals surface area (Å²) in [4.78, 5) is 28.2. The SMILES string of the molecule is CCOc1cc(C2/C(=C(\O)c3cc(C)cc(C)c3OC)C(=O)C(=O)N2c2ccc(C#N)cc2)ccc1O. The lowest BCUT2D eigenvalue weighted by Crippen LogP contribution is -2.29. The fourth-order valence-electron chi connectivity index (χ4n) is 4.63. The fourth-order valence-corrected chi connectivity index (χ4v) is 4.63. The predicted octanol–water partition coefficient (Wildman–Crippen LogP) is 4.91. The Hall–Kier alpha value is -4.77. The van der Waals surface area contributed by atoms with Gasteiger partial charge in [0.15, 0.2) is 11.5 Å². The van der Waals surface area contributed by atoms with Crippen LogP contribution in [-0.4, -0.2) is 35.6 Å². The molecule has 1 aliphatic heterocycles. The number of aliphatic hydroxyl groups is 1. The first-order valence-electron chi connectivity index (χ1n) is 11.6. The predicted molar refractivity (Wildman–Crippen MR) is 138 cm³/mol. The van der Waals surface area contributed by atoms with Gasteiger partial charge in [-0.25, -0.2) is 0 Å². The Labute approximate surface area is 214 Å². The molecule has 188 valence electrons. The van der Waals surface area contributed by atoms with E-state index in [1.807, 2.05) is 26.0 Å². The molecule has 2 N–H and O–H groups in total. The van der Waals surface area contributed by atoms with Gasteiger partial charge in [-0.05, 0) is 79.9 Å². The Kier molecular flexibility index (Phi) is 6.89. The molecular formula is C29H26N2O6. The molecule has 37 heavy (non-hydrogen) atoms. The lowest BCUT2D eigenvalue weighted by Gasteiger charge is -2.26. The average Bonchev–Trinajstić information content (AvgIpc) is 3.15. The Morgan fingerprint density at radius 2 is 1.78 bits per heavy atom. The second kappa shape index (κ2) is 10.1. The topological polar surface area (TPSA) is 120 Å². The molecule has 3 aromatic rings. The summed E-state index contributed by atoms with van der Waals surface area (Å²) in [5, 5.41) is 31.0. The molecule has 0 saturated carbocycles. The van der Waals surface area contributed by atoms with Crippen LogP contribution in [0.15, 0.2) is 60.2 Å². The maximum absolute atomic E-state index is 13.5. The number of rotatable bonds is 6. The van der Waals surface area contributed by atoms with Crippen LogP contribution in [0.3, 0.4) is 0 Å². The van der Waals surface area contributed by atoms with Crippen LogP contribution < -0.4 is 14.4 Å². The van der Waals surface area contributed by atoms with Gasteiger partial charge in [-0.1, -0.05) is 12.1 Å². The Morgan fingerprint density at radius 1 is 1.08 bits per heavy atom. The highest BCUT2D eigenvalue weighted by molar-refractivity contribution is 6.51. The van der Waals surface area contributed by atoms with Crippen LogP contribution in [0, 0.1) is 25.2 Å². The first-order chi connectivity index (χ1) is 17.7. The van der Waals surface area contributed by atoms with Gasteiger partial charge in [0, 0.05) is 5.69 Å². The van der Waals surface area contributed by atoms with Crippen molar-refractivity contribution in [3.05, 3.63) is 88.0 Å². The minimum Gasteiger partial charge on any atom is -0.507 e. The van der Waals surface area contributed by atoms with E-state index in [1.165, 1.54) is 24.1 Å². The molecule has 1 saturated heterocycles. The van der Waals surface area contributed by atoms with Gasteiger partial charge in [0.2, 0.25) is 0 Å². The number of hydrogen-bond acceptors (Lipinski definition) is 7. The normalized spacial score (nSPS) is 16.5. The van der Waals surface area contributed by atoms with Crippen molar-refractivity contribution < 1.29 is 29.3 Å². The van der Waals surface area contributed by atoms with Crippen LogP contribution in [0.2, 0.25) is 0 Å². The van der Waals surface area contributed by atoms with E-state index in [1.54, 1.807) is 43.3 Å². The quantitative estimate of drug-likeness (QED) is 0.281. The molecule has 8 heteroatoms. The maximum Gasteiger partial charge on any atom is 0.300 e. The van der Waals surface area contributed by atoms with Crippen molar-refractivity contribution in [3.8, 4) is 23.3 Å². The molecule has 8 nitrogen and oxygen atoms in total. The van der Waals surface area contributed by atoms with Crippen LogP contribution >= 0.6 is 0 Å². The third kappa shape index (κ3) is 4.47. The number of nitrogens with zero attached hydrogens (tertiary/aromatic N) is 2. The molecule has 0 radical (unpaired) electrons. The maximum atomic E-state index is 13.5. The van der Waals surface area contributed by atoms with E-state index in [-0.39, 0.29) is 35.0 Å². The summed E-state index contributed by atoms with van der Waals surface area (Å²) in [5.41, 5.74) is 2.93. The lowest BCUT2D eigenvalue weighted by atomic mass is 9.93. The number of hydrogen-bond donors (Lipinski definition) is 2. The molecule has 0 bridgehead atoms. The molecule has 1 atom stereocenters. The number of benzene rings is 3. The Morgan fingerprint density at radius 3 is 2.41 bits per heavy atom. The molecule has 0 aliphatic carbocycles. The van der Waals surface area contributed by atoms with Gasteiger partial charge < -0.3 is 19.7 Å². The van der Waals surface area contributed by atoms with E-state index in [2.05, 4.69) is 0 Å². The molecular weight excluding hydrogens is 472 g/mol. The van der Waals surface area contributed by atoms with E-state index in [4.69, 9.17) is 9.47 Å². The van der Waals surface area contributed by atoms with E-state index in [0.29, 0.717) is 22.6 Å². The molecule has 1 heterocycles. The number of carbonyl (C=O) groups is 2. The highest BCUT2D eigenvalue weighted by Crippen LogP contribution is 2.45. The Balaban J connectivity index is 2.01. The third-order valence-electron chi connectivity index (χ3n) is 6.20. The molecule has 1 unspecified atom stereocenters. The third-order valence-corrected chi connectivity index (χ3v) is 6.20. The summed E-state index contributed by atoms with van der Waals surface area (Å²) in [6.45, 7) is 5.72. The zero-order valence-electron chi connectivity index (χ0n) is 20.9. The summed E-state index contributed by atoms with van der Waals surface area (Å²) in [6, 6.07) is 15.3. The summed E-state index contributed by atoms with van der Waals surface area (Å²) >= 11 is 0. The highest BCUT2D eigenvalue weighted by Gasteiger charge is 2.47. The second-order valence-corrected chi connectivity index (χ2v) is 8.65. The van der Waals surface area contributed by atoms with Crippen LogP contribution in [0.4, 0.5) is 5.69 Å². The van der Waals surface area contributed by atoms with Crippen molar-refractivity contribution in [2.24, 2.45) is 0 Å². The summed E-state index contributed by atoms with van der Waals surface area (Å²) in [6.07, 6.45) is 0. The minimum atomic E-state index is -1.04. The zero-order valence-corrected chi connectivity index (χ0v) is 20.9. The van der Waals surface area contributed by atoms with Crippen molar-refractivity contribution in [2.75, 3.05) is 18.6 Å². The summed E-state index contributed by atoms with van der Waals surface area (Å²) in [5.74, 6) is -1.64. The fraction of sp³-hybridized carbons (Fsp3) is 0.207. The minimum absolute atomic E-state index is 0.100. The number of amides is 1. The average molecular weight is 499 g/mol. The molecule has 4 rings (SSSR count). The first kappa shape index (κ1) is 25.3. The van der Waals surface area contributed by atoms with E-state index >= 15 is 0 Å². The molecule has 1 aliphatic rings. The number of nitriles is 1. The van der Waals surface area contributed by atoms with Gasteiger partial charge in [0.05, 0.1) is 42.5 Å². The lowest BCUT2D eigenvalue weighted by molar-refractivity contribution is -0.132. The second-order valence-electron chi connectivity index (χ2n) is 8.65. The standard InChI is InChI=1S/C29H26N2O6/c1-5-37-23-14-19(8-11-22(23)32)25-24(26(33)21-13-16(2)12-17(3)28(21)36-4)27(34)29(35)31(25)20-9-6-18(15-30)7-10-20/h6-14,25,32-33H,5H2,1-4H3/b26-24+. The zero-order chi connectivity index (χ0) is 26.9. The molecule has 1 fully saturated rings. The van der Waals surface area contributed by atoms with Crippen molar-refractivity contribution in [2.45, 2.75) is 26.8 Å². The Bertz CT molecular complexity index is 1470. The number of phenolic OH excluding ortho intramolecular Hbond substituents is 1. The van der Waals surface area contributed by atoms with Gasteiger partial charge in [-0.15, -0.1) is 0 Å². The number of aromatic hydroxyl groups is 1. The number of phenols is 1. The van der Waals surface area contributed by atoms with Crippen molar-refractivity contribution in [3.63, 3.8) is 0 Å².